The van der Waals surface area contributed by atoms with Gasteiger partial charge >= 0.3 is 0 Å². The quantitative estimate of drug-likeness (QED) is 0.798. The normalized spacial score (nSPS) is 19.0. The lowest BCUT2D eigenvalue weighted by Crippen LogP contribution is -2.52. The molecule has 3 aliphatic rings. The van der Waals surface area contributed by atoms with Crippen molar-refractivity contribution in [2.24, 2.45) is 5.41 Å². The Bertz CT molecular complexity index is 937. The topological polar surface area (TPSA) is 84.0 Å². The molecular weight excluding hydrogens is 372 g/mol. The second-order valence-electron chi connectivity index (χ2n) is 7.57. The van der Waals surface area contributed by atoms with Crippen LogP contribution in [0.4, 0.5) is 11.5 Å². The molecule has 1 saturated heterocycles. The third kappa shape index (κ3) is 3.24. The summed E-state index contributed by atoms with van der Waals surface area (Å²) < 4.78 is 10.6. The maximum Gasteiger partial charge on any atom is 0.240 e. The van der Waals surface area contributed by atoms with E-state index >= 15 is 0 Å². The molecule has 2 aliphatic heterocycles. The number of nitrogens with one attached hydrogen (secondary N) is 1. The standard InChI is InChI=1S/C21H22N4O4/c26-19(23-15-4-5-16-17(13-15)29-14-28-16)21(6-7-21)20(27)25-11-9-24(10-12-25)18-3-1-2-8-22-18/h1-5,8,13H,6-7,9-12,14H2,(H,23,26). The first-order valence-electron chi connectivity index (χ1n) is 9.82. The largest absolute Gasteiger partial charge is 0.454 e. The van der Waals surface area contributed by atoms with E-state index in [4.69, 9.17) is 9.47 Å². The Morgan fingerprint density at radius 1 is 1.00 bits per heavy atom. The highest BCUT2D eigenvalue weighted by atomic mass is 16.7. The van der Waals surface area contributed by atoms with E-state index in [0.29, 0.717) is 56.2 Å². The number of pyridine rings is 1. The molecule has 2 amide bonds. The molecule has 0 atom stereocenters. The van der Waals surface area contributed by atoms with Gasteiger partial charge in [0.25, 0.3) is 0 Å². The number of hydrogen-bond acceptors (Lipinski definition) is 6. The number of ether oxygens (including phenoxy) is 2. The number of rotatable bonds is 4. The molecule has 150 valence electrons. The first kappa shape index (κ1) is 17.8. The molecule has 1 aromatic heterocycles. The molecule has 2 aromatic rings. The van der Waals surface area contributed by atoms with E-state index in [-0.39, 0.29) is 18.6 Å². The molecule has 0 radical (unpaired) electrons. The minimum absolute atomic E-state index is 0.0728. The van der Waals surface area contributed by atoms with Gasteiger partial charge in [-0.3, -0.25) is 9.59 Å². The predicted octanol–water partition coefficient (Wildman–Crippen LogP) is 1.88. The monoisotopic (exact) mass is 394 g/mol. The van der Waals surface area contributed by atoms with Crippen LogP contribution in [0, 0.1) is 5.41 Å². The van der Waals surface area contributed by atoms with Gasteiger partial charge in [-0.05, 0) is 37.1 Å². The van der Waals surface area contributed by atoms with Crippen molar-refractivity contribution >= 4 is 23.3 Å². The van der Waals surface area contributed by atoms with Crippen LogP contribution >= 0.6 is 0 Å². The summed E-state index contributed by atoms with van der Waals surface area (Å²) >= 11 is 0. The Labute approximate surface area is 168 Å². The van der Waals surface area contributed by atoms with E-state index in [1.807, 2.05) is 23.1 Å². The number of fused-ring (bicyclic) bond motifs is 1. The molecule has 1 saturated carbocycles. The number of anilines is 2. The van der Waals surface area contributed by atoms with Crippen molar-refractivity contribution in [3.63, 3.8) is 0 Å². The van der Waals surface area contributed by atoms with Gasteiger partial charge in [0, 0.05) is 44.1 Å². The van der Waals surface area contributed by atoms with Crippen LogP contribution in [0.15, 0.2) is 42.6 Å². The summed E-state index contributed by atoms with van der Waals surface area (Å²) in [5.74, 6) is 1.86. The van der Waals surface area contributed by atoms with Gasteiger partial charge in [-0.15, -0.1) is 0 Å². The average Bonchev–Trinajstić information content (AvgIpc) is 3.46. The van der Waals surface area contributed by atoms with Crippen molar-refractivity contribution < 1.29 is 19.1 Å². The zero-order valence-corrected chi connectivity index (χ0v) is 16.0. The van der Waals surface area contributed by atoms with Gasteiger partial charge in [0.15, 0.2) is 11.5 Å². The molecular formula is C21H22N4O4. The third-order valence-corrected chi connectivity index (χ3v) is 5.76. The summed E-state index contributed by atoms with van der Waals surface area (Å²) in [5, 5.41) is 2.89. The van der Waals surface area contributed by atoms with E-state index in [0.717, 1.165) is 5.82 Å². The predicted molar refractivity (Wildman–Crippen MR) is 106 cm³/mol. The molecule has 0 bridgehead atoms. The lowest BCUT2D eigenvalue weighted by molar-refractivity contribution is -0.142. The van der Waals surface area contributed by atoms with Crippen LogP contribution in [0.1, 0.15) is 12.8 Å². The number of benzene rings is 1. The van der Waals surface area contributed by atoms with Crippen LogP contribution in [0.3, 0.4) is 0 Å². The SMILES string of the molecule is O=C(Nc1ccc2c(c1)OCO2)C1(C(=O)N2CCN(c3ccccn3)CC2)CC1. The lowest BCUT2D eigenvalue weighted by atomic mass is 10.0. The van der Waals surface area contributed by atoms with Crippen molar-refractivity contribution in [3.8, 4) is 11.5 Å². The molecule has 5 rings (SSSR count). The Morgan fingerprint density at radius 2 is 1.79 bits per heavy atom. The van der Waals surface area contributed by atoms with Gasteiger partial charge in [-0.25, -0.2) is 4.98 Å². The molecule has 8 nitrogen and oxygen atoms in total. The fourth-order valence-corrected chi connectivity index (χ4v) is 3.87. The maximum absolute atomic E-state index is 13.1. The maximum atomic E-state index is 13.1. The van der Waals surface area contributed by atoms with Gasteiger partial charge in [0.1, 0.15) is 11.2 Å². The minimum atomic E-state index is -0.941. The van der Waals surface area contributed by atoms with Crippen molar-refractivity contribution in [1.82, 2.24) is 9.88 Å². The summed E-state index contributed by atoms with van der Waals surface area (Å²) in [6.45, 7) is 2.79. The van der Waals surface area contributed by atoms with E-state index in [2.05, 4.69) is 15.2 Å². The lowest BCUT2D eigenvalue weighted by Gasteiger charge is -2.36. The summed E-state index contributed by atoms with van der Waals surface area (Å²) in [4.78, 5) is 34.4. The Balaban J connectivity index is 1.22. The highest BCUT2D eigenvalue weighted by Crippen LogP contribution is 2.48. The number of nitrogens with zero attached hydrogens (tertiary/aromatic N) is 3. The molecule has 1 aromatic carbocycles. The van der Waals surface area contributed by atoms with Crippen LogP contribution in [0.25, 0.3) is 0 Å². The van der Waals surface area contributed by atoms with Crippen LogP contribution in [0.2, 0.25) is 0 Å². The van der Waals surface area contributed by atoms with Crippen molar-refractivity contribution in [3.05, 3.63) is 42.6 Å². The summed E-state index contributed by atoms with van der Waals surface area (Å²) in [5.41, 5.74) is -0.331. The number of carbonyl (C=O) groups is 2. The molecule has 2 fully saturated rings. The van der Waals surface area contributed by atoms with Crippen LogP contribution in [-0.4, -0.2) is 54.7 Å². The van der Waals surface area contributed by atoms with Crippen LogP contribution in [-0.2, 0) is 9.59 Å². The van der Waals surface area contributed by atoms with E-state index in [1.54, 1.807) is 24.4 Å². The Kier molecular flexibility index (Phi) is 4.26. The fourth-order valence-electron chi connectivity index (χ4n) is 3.87. The zero-order chi connectivity index (χ0) is 19.8. The van der Waals surface area contributed by atoms with E-state index in [9.17, 15) is 9.59 Å². The van der Waals surface area contributed by atoms with Gasteiger partial charge in [-0.2, -0.15) is 0 Å². The molecule has 29 heavy (non-hydrogen) atoms. The average molecular weight is 394 g/mol. The molecule has 8 heteroatoms. The van der Waals surface area contributed by atoms with Crippen LogP contribution in [0.5, 0.6) is 11.5 Å². The van der Waals surface area contributed by atoms with E-state index in [1.165, 1.54) is 0 Å². The summed E-state index contributed by atoms with van der Waals surface area (Å²) in [6, 6.07) is 11.1. The molecule has 3 heterocycles. The Hall–Kier alpha value is -3.29. The van der Waals surface area contributed by atoms with Crippen molar-refractivity contribution in [2.75, 3.05) is 43.2 Å². The highest BCUT2D eigenvalue weighted by molar-refractivity contribution is 6.13. The second kappa shape index (κ2) is 6.95. The zero-order valence-electron chi connectivity index (χ0n) is 16.0. The van der Waals surface area contributed by atoms with Gasteiger partial charge < -0.3 is 24.6 Å². The first-order chi connectivity index (χ1) is 14.2. The first-order valence-corrected chi connectivity index (χ1v) is 9.82. The van der Waals surface area contributed by atoms with E-state index < -0.39 is 5.41 Å². The van der Waals surface area contributed by atoms with Gasteiger partial charge in [0.05, 0.1) is 0 Å². The summed E-state index contributed by atoms with van der Waals surface area (Å²) in [7, 11) is 0. The Morgan fingerprint density at radius 3 is 2.52 bits per heavy atom. The minimum Gasteiger partial charge on any atom is -0.454 e. The molecule has 0 unspecified atom stereocenters. The van der Waals surface area contributed by atoms with Crippen LogP contribution < -0.4 is 19.7 Å². The molecule has 1 N–H and O–H groups in total. The van der Waals surface area contributed by atoms with Gasteiger partial charge in [-0.1, -0.05) is 6.07 Å². The van der Waals surface area contributed by atoms with Gasteiger partial charge in [0.2, 0.25) is 18.6 Å². The molecule has 1 aliphatic carbocycles. The van der Waals surface area contributed by atoms with Crippen molar-refractivity contribution in [2.45, 2.75) is 12.8 Å². The summed E-state index contributed by atoms with van der Waals surface area (Å²) in [6.07, 6.45) is 2.94. The highest BCUT2D eigenvalue weighted by Gasteiger charge is 2.58. The number of aromatic nitrogens is 1. The number of hydrogen-bond donors (Lipinski definition) is 1. The smallest absolute Gasteiger partial charge is 0.240 e. The second-order valence-corrected chi connectivity index (χ2v) is 7.57. The number of piperazine rings is 1. The fraction of sp³-hybridized carbons (Fsp3) is 0.381. The molecule has 0 spiro atoms. The number of carbonyl (C=O) groups excluding carboxylic acids is 2. The third-order valence-electron chi connectivity index (χ3n) is 5.76. The number of amides is 2. The van der Waals surface area contributed by atoms with Crippen molar-refractivity contribution in [1.29, 1.82) is 0 Å².